The van der Waals surface area contributed by atoms with Gasteiger partial charge in [0, 0.05) is 111 Å². The first kappa shape index (κ1) is 45.8. The molecule has 0 unspecified atom stereocenters. The second-order valence-corrected chi connectivity index (χ2v) is 15.1. The van der Waals surface area contributed by atoms with Gasteiger partial charge in [0.15, 0.2) is 11.6 Å². The minimum absolute atomic E-state index is 0. The number of hydrogen-bond donors (Lipinski definition) is 7. The molecule has 1 aromatic heterocycles. The fourth-order valence-electron chi connectivity index (χ4n) is 5.14. The van der Waals surface area contributed by atoms with Gasteiger partial charge < -0.3 is 21.7 Å². The SMILES string of the molecule is Nc1c(S(=O)(=O)O)cc(Nc2ccc(S(=O)(=O)O)c(Nc3nc(Cl)nc(Nc4cccc(S(=O)(=O)O)c4)n3)c2)c2c1C(=O)c1ccccc1C2=O.[Na].[Na].[Na]. The average molecular weight is 843 g/mol. The van der Waals surface area contributed by atoms with Crippen LogP contribution in [0.15, 0.2) is 87.5 Å². The van der Waals surface area contributed by atoms with Gasteiger partial charge in [0.1, 0.15) is 9.79 Å². The Morgan fingerprint density at radius 1 is 0.574 bits per heavy atom. The summed E-state index contributed by atoms with van der Waals surface area (Å²) in [6, 6.07) is 14.6. The monoisotopic (exact) mass is 842 g/mol. The van der Waals surface area contributed by atoms with Gasteiger partial charge in [-0.25, -0.2) is 0 Å². The molecule has 1 heterocycles. The van der Waals surface area contributed by atoms with Crippen molar-refractivity contribution in [3.8, 4) is 0 Å². The zero-order valence-electron chi connectivity index (χ0n) is 28.1. The maximum absolute atomic E-state index is 13.7. The Balaban J connectivity index is 0.00000261. The van der Waals surface area contributed by atoms with Crippen LogP contribution in [0, 0.1) is 0 Å². The molecule has 0 amide bonds. The van der Waals surface area contributed by atoms with E-state index in [0.717, 1.165) is 36.4 Å². The third kappa shape index (κ3) is 9.69. The van der Waals surface area contributed by atoms with Gasteiger partial charge in [-0.15, -0.1) is 0 Å². The first-order valence-electron chi connectivity index (χ1n) is 13.9. The maximum Gasteiger partial charge on any atom is 0.296 e. The van der Waals surface area contributed by atoms with Crippen molar-refractivity contribution < 1.29 is 48.5 Å². The van der Waals surface area contributed by atoms with Gasteiger partial charge in [0.2, 0.25) is 17.2 Å². The predicted molar refractivity (Wildman–Crippen MR) is 198 cm³/mol. The number of nitrogens with two attached hydrogens (primary N) is 1. The van der Waals surface area contributed by atoms with Crippen molar-refractivity contribution >= 4 is 183 Å². The van der Waals surface area contributed by atoms with Gasteiger partial charge in [-0.3, -0.25) is 23.2 Å². The molecule has 0 bridgehead atoms. The molecule has 54 heavy (non-hydrogen) atoms. The van der Waals surface area contributed by atoms with Crippen LogP contribution in [0.4, 0.5) is 40.3 Å². The molecule has 0 aliphatic heterocycles. The van der Waals surface area contributed by atoms with Crippen molar-refractivity contribution in [1.29, 1.82) is 0 Å². The Bertz CT molecular complexity index is 2690. The minimum Gasteiger partial charge on any atom is -0.397 e. The summed E-state index contributed by atoms with van der Waals surface area (Å²) in [6.07, 6.45) is 0. The second kappa shape index (κ2) is 17.3. The number of ketones is 2. The summed E-state index contributed by atoms with van der Waals surface area (Å²) >= 11 is 6.05. The van der Waals surface area contributed by atoms with Crippen LogP contribution in [0.2, 0.25) is 5.28 Å². The summed E-state index contributed by atoms with van der Waals surface area (Å²) in [5.41, 5.74) is 3.78. The number of nitrogens with one attached hydrogen (secondary N) is 3. The van der Waals surface area contributed by atoms with Crippen molar-refractivity contribution in [2.45, 2.75) is 14.7 Å². The maximum atomic E-state index is 13.7. The Kier molecular flexibility index (Phi) is 14.7. The van der Waals surface area contributed by atoms with E-state index in [4.69, 9.17) is 17.3 Å². The van der Waals surface area contributed by atoms with Gasteiger partial charge >= 0.3 is 0 Å². The molecule has 265 valence electrons. The summed E-state index contributed by atoms with van der Waals surface area (Å²) < 4.78 is 102. The molecule has 0 saturated carbocycles. The van der Waals surface area contributed by atoms with Crippen LogP contribution in [0.1, 0.15) is 31.8 Å². The van der Waals surface area contributed by atoms with E-state index in [9.17, 15) is 48.5 Å². The molecular formula is C29H20ClN7Na3O11S3. The average Bonchev–Trinajstić information content (AvgIpc) is 3.02. The van der Waals surface area contributed by atoms with Crippen LogP contribution >= 0.6 is 11.6 Å². The molecule has 0 fully saturated rings. The van der Waals surface area contributed by atoms with Crippen LogP contribution in [-0.2, 0) is 30.4 Å². The smallest absolute Gasteiger partial charge is 0.296 e. The first-order valence-corrected chi connectivity index (χ1v) is 18.5. The van der Waals surface area contributed by atoms with Gasteiger partial charge in [-0.1, -0.05) is 30.3 Å². The standard InChI is InChI=1S/C29H20ClN7O11S3.3Na/c30-27-35-28(33-13-4-3-5-15(10-13)49(40,41)42)37-29(36-27)34-18-11-14(8-9-20(18)50(43,44)45)32-19-12-21(51(46,47)48)24(31)23-22(19)25(38)16-6-1-2-7-17(16)26(23)39;;;/h1-12,32H,31H2,(H,40,41,42)(H,43,44,45)(H,46,47,48)(H2,33,34,35,36,37);;;. The van der Waals surface area contributed by atoms with E-state index in [1.807, 2.05) is 0 Å². The van der Waals surface area contributed by atoms with Crippen LogP contribution in [0.3, 0.4) is 0 Å². The second-order valence-electron chi connectivity index (χ2n) is 10.6. The molecule has 0 saturated heterocycles. The number of aromatic nitrogens is 3. The predicted octanol–water partition coefficient (Wildman–Crippen LogP) is 2.71. The topological polar surface area (TPSA) is 298 Å². The molecule has 8 N–H and O–H groups in total. The van der Waals surface area contributed by atoms with Crippen molar-refractivity contribution in [3.63, 3.8) is 0 Å². The van der Waals surface area contributed by atoms with Crippen molar-refractivity contribution in [3.05, 3.63) is 100 Å². The van der Waals surface area contributed by atoms with E-state index in [-0.39, 0.29) is 128 Å². The fraction of sp³-hybridized carbons (Fsp3) is 0. The molecule has 4 aromatic carbocycles. The number of benzene rings is 4. The summed E-state index contributed by atoms with van der Waals surface area (Å²) in [6.45, 7) is 0. The zero-order chi connectivity index (χ0) is 37.0. The molecule has 1 aliphatic rings. The molecule has 3 radical (unpaired) electrons. The summed E-state index contributed by atoms with van der Waals surface area (Å²) in [5, 5.41) is 7.54. The number of nitrogen functional groups attached to an aromatic ring is 1. The number of fused-ring (bicyclic) bond motifs is 2. The normalized spacial score (nSPS) is 12.2. The van der Waals surface area contributed by atoms with E-state index in [0.29, 0.717) is 0 Å². The minimum atomic E-state index is -5.05. The first-order chi connectivity index (χ1) is 23.8. The number of carbonyl (C=O) groups is 2. The van der Waals surface area contributed by atoms with Gasteiger partial charge in [-0.2, -0.15) is 40.2 Å². The Labute approximate surface area is 378 Å². The van der Waals surface area contributed by atoms with Gasteiger partial charge in [0.25, 0.3) is 30.4 Å². The summed E-state index contributed by atoms with van der Waals surface area (Å²) in [5.74, 6) is -2.19. The number of carbonyl (C=O) groups excluding carboxylic acids is 2. The van der Waals surface area contributed by atoms with E-state index in [1.54, 1.807) is 0 Å². The van der Waals surface area contributed by atoms with Crippen LogP contribution in [-0.4, -0.2) is 154 Å². The van der Waals surface area contributed by atoms with Gasteiger partial charge in [0.05, 0.1) is 33.1 Å². The summed E-state index contributed by atoms with van der Waals surface area (Å²) in [4.78, 5) is 36.9. The quantitative estimate of drug-likeness (QED) is 0.0625. The number of rotatable bonds is 9. The third-order valence-electron chi connectivity index (χ3n) is 7.26. The van der Waals surface area contributed by atoms with E-state index < -0.39 is 84.8 Å². The molecule has 0 spiro atoms. The molecule has 5 aromatic rings. The number of anilines is 7. The fourth-order valence-corrected chi connectivity index (χ4v) is 7.10. The van der Waals surface area contributed by atoms with E-state index >= 15 is 0 Å². The molecule has 1 aliphatic carbocycles. The van der Waals surface area contributed by atoms with Crippen molar-refractivity contribution in [2.24, 2.45) is 0 Å². The van der Waals surface area contributed by atoms with Crippen LogP contribution in [0.25, 0.3) is 0 Å². The molecule has 6 rings (SSSR count). The Morgan fingerprint density at radius 3 is 1.70 bits per heavy atom. The zero-order valence-corrected chi connectivity index (χ0v) is 37.3. The van der Waals surface area contributed by atoms with Crippen LogP contribution < -0.4 is 21.7 Å². The number of nitrogens with zero attached hydrogens (tertiary/aromatic N) is 3. The number of hydrogen-bond acceptors (Lipinski definition) is 15. The van der Waals surface area contributed by atoms with E-state index in [2.05, 4.69) is 30.9 Å². The van der Waals surface area contributed by atoms with Crippen molar-refractivity contribution in [2.75, 3.05) is 21.7 Å². The van der Waals surface area contributed by atoms with E-state index in [1.165, 1.54) is 36.4 Å². The summed E-state index contributed by atoms with van der Waals surface area (Å²) in [7, 11) is -14.6. The van der Waals surface area contributed by atoms with Gasteiger partial charge in [-0.05, 0) is 54.1 Å². The molecule has 0 atom stereocenters. The molecule has 25 heteroatoms. The Hall–Kier alpha value is -2.55. The molecular weight excluding hydrogens is 823 g/mol. The van der Waals surface area contributed by atoms with Crippen LogP contribution in [0.5, 0.6) is 0 Å². The molecule has 18 nitrogen and oxygen atoms in total. The number of halogens is 1. The third-order valence-corrected chi connectivity index (χ3v) is 10.1. The largest absolute Gasteiger partial charge is 0.397 e. The van der Waals surface area contributed by atoms with Crippen molar-refractivity contribution in [1.82, 2.24) is 15.0 Å². The Morgan fingerprint density at radius 2 is 1.13 bits per heavy atom.